The van der Waals surface area contributed by atoms with Crippen LogP contribution in [0.25, 0.3) is 43.8 Å². The van der Waals surface area contributed by atoms with Crippen LogP contribution in [0.2, 0.25) is 0 Å². The second-order valence-electron chi connectivity index (χ2n) is 20.9. The Morgan fingerprint density at radius 2 is 0.725 bits per heavy atom. The Balaban J connectivity index is 1.16. The van der Waals surface area contributed by atoms with Crippen LogP contribution < -0.4 is 9.80 Å². The van der Waals surface area contributed by atoms with Gasteiger partial charge in [-0.05, 0) is 173 Å². The molecule has 0 saturated carbocycles. The number of para-hydroxylation sites is 2. The van der Waals surface area contributed by atoms with Crippen LogP contribution in [0.15, 0.2) is 206 Å². The number of hydrogen-bond donors (Lipinski definition) is 0. The van der Waals surface area contributed by atoms with Gasteiger partial charge in [0.25, 0.3) is 0 Å². The number of rotatable bonds is 6. The third kappa shape index (κ3) is 6.71. The van der Waals surface area contributed by atoms with Crippen LogP contribution in [-0.4, -0.2) is 0 Å². The number of hydrogen-bond acceptors (Lipinski definition) is 2. The van der Waals surface area contributed by atoms with Gasteiger partial charge in [0.15, 0.2) is 0 Å². The van der Waals surface area contributed by atoms with E-state index in [1.807, 2.05) is 48.5 Å². The van der Waals surface area contributed by atoms with Crippen LogP contribution in [0.4, 0.5) is 42.9 Å². The van der Waals surface area contributed by atoms with Gasteiger partial charge in [-0.3, -0.25) is 0 Å². The third-order valence-electron chi connectivity index (χ3n) is 14.6. The van der Waals surface area contributed by atoms with E-state index in [0.29, 0.717) is 0 Å². The smallest absolute Gasteiger partial charge is 0.125 e. The first-order valence-corrected chi connectivity index (χ1v) is 24.0. The average Bonchev–Trinajstić information content (AvgIpc) is 3.81. The molecule has 10 aromatic carbocycles. The topological polar surface area (TPSA) is 6.48 Å². The van der Waals surface area contributed by atoms with Crippen molar-refractivity contribution in [3.8, 4) is 22.3 Å². The van der Waals surface area contributed by atoms with Crippen molar-refractivity contribution in [1.82, 2.24) is 0 Å². The molecule has 0 bridgehead atoms. The number of halogens is 2. The molecule has 2 nitrogen and oxygen atoms in total. The molecule has 0 atom stereocenters. The molecule has 0 N–H and O–H groups in total. The summed E-state index contributed by atoms with van der Waals surface area (Å²) in [6, 6.07) is 71.3. The Kier molecular flexibility index (Phi) is 9.62. The van der Waals surface area contributed by atoms with E-state index in [0.717, 1.165) is 44.9 Å². The van der Waals surface area contributed by atoms with Crippen LogP contribution in [-0.2, 0) is 16.2 Å². The van der Waals surface area contributed by atoms with Crippen molar-refractivity contribution in [1.29, 1.82) is 0 Å². The molecule has 0 unspecified atom stereocenters. The van der Waals surface area contributed by atoms with Crippen LogP contribution in [0.1, 0.15) is 74.9 Å². The van der Waals surface area contributed by atoms with Gasteiger partial charge < -0.3 is 9.80 Å². The van der Waals surface area contributed by atoms with E-state index >= 15 is 0 Å². The summed E-state index contributed by atoms with van der Waals surface area (Å²) in [7, 11) is 0. The predicted molar refractivity (Wildman–Crippen MR) is 284 cm³/mol. The number of fused-ring (bicyclic) bond motifs is 14. The van der Waals surface area contributed by atoms with E-state index in [2.05, 4.69) is 173 Å². The van der Waals surface area contributed by atoms with Crippen LogP contribution in [0, 0.1) is 11.6 Å². The normalized spacial score (nSPS) is 13.3. The summed E-state index contributed by atoms with van der Waals surface area (Å²) in [5.41, 5.74) is 17.1. The van der Waals surface area contributed by atoms with Crippen molar-refractivity contribution in [2.75, 3.05) is 9.80 Å². The van der Waals surface area contributed by atoms with Gasteiger partial charge in [-0.2, -0.15) is 0 Å². The predicted octanol–water partition coefficient (Wildman–Crippen LogP) is 18.1. The Morgan fingerprint density at radius 1 is 0.333 bits per heavy atom. The van der Waals surface area contributed by atoms with E-state index in [1.54, 1.807) is 24.3 Å². The summed E-state index contributed by atoms with van der Waals surface area (Å²) in [6.45, 7) is 13.8. The maximum Gasteiger partial charge on any atom is 0.125 e. The second kappa shape index (κ2) is 15.6. The summed E-state index contributed by atoms with van der Waals surface area (Å²) in [6.07, 6.45) is 0. The molecular formula is C65H52F2N2. The molecule has 0 amide bonds. The summed E-state index contributed by atoms with van der Waals surface area (Å²) in [5, 5.41) is 4.54. The minimum absolute atomic E-state index is 0.0666. The minimum atomic E-state index is -0.687. The fourth-order valence-corrected chi connectivity index (χ4v) is 11.4. The average molecular weight is 899 g/mol. The molecule has 69 heavy (non-hydrogen) atoms. The molecule has 336 valence electrons. The van der Waals surface area contributed by atoms with E-state index in [4.69, 9.17) is 0 Å². The second-order valence-corrected chi connectivity index (χ2v) is 20.9. The number of anilines is 6. The van der Waals surface area contributed by atoms with E-state index in [1.165, 1.54) is 78.5 Å². The lowest BCUT2D eigenvalue weighted by molar-refractivity contribution is 0.589. The summed E-state index contributed by atoms with van der Waals surface area (Å²) < 4.78 is 30.0. The van der Waals surface area contributed by atoms with Gasteiger partial charge in [0, 0.05) is 34.1 Å². The molecule has 2 aliphatic carbocycles. The van der Waals surface area contributed by atoms with Gasteiger partial charge in [-0.1, -0.05) is 163 Å². The SMILES string of the molecule is CC(C)(C)c1ccc2c(c1)-c1cc(C(C)(C)C)ccc1C21c2c(ccc3cc(N(c4ccccc4)c4cccc(F)c4)ccc23)-c2ccc3cc(N(c4ccccc4)c4cccc(F)c4)ccc3c21. The monoisotopic (exact) mass is 898 g/mol. The van der Waals surface area contributed by atoms with Crippen molar-refractivity contribution in [2.45, 2.75) is 57.8 Å². The van der Waals surface area contributed by atoms with Crippen molar-refractivity contribution in [3.63, 3.8) is 0 Å². The third-order valence-corrected chi connectivity index (χ3v) is 14.6. The zero-order valence-electron chi connectivity index (χ0n) is 39.8. The Bertz CT molecular complexity index is 3430. The molecule has 1 spiro atoms. The molecule has 10 aromatic rings. The van der Waals surface area contributed by atoms with Crippen molar-refractivity contribution >= 4 is 55.7 Å². The quantitative estimate of drug-likeness (QED) is 0.164. The first-order chi connectivity index (χ1) is 33.3. The summed E-state index contributed by atoms with van der Waals surface area (Å²) >= 11 is 0. The molecule has 0 radical (unpaired) electrons. The molecule has 0 aliphatic heterocycles. The van der Waals surface area contributed by atoms with Crippen LogP contribution >= 0.6 is 0 Å². The molecular weight excluding hydrogens is 847 g/mol. The lowest BCUT2D eigenvalue weighted by Crippen LogP contribution is -2.27. The van der Waals surface area contributed by atoms with Gasteiger partial charge in [0.1, 0.15) is 11.6 Å². The van der Waals surface area contributed by atoms with Crippen molar-refractivity contribution in [2.24, 2.45) is 0 Å². The van der Waals surface area contributed by atoms with E-state index in [-0.39, 0.29) is 22.5 Å². The highest BCUT2D eigenvalue weighted by molar-refractivity contribution is 6.10. The Hall–Kier alpha value is -7.82. The minimum Gasteiger partial charge on any atom is -0.310 e. The standard InChI is InChI=1S/C65H52F2N2/c1-63(2,3)43-25-33-59-57(37-43)58-38-44(64(4,5)6)26-34-60(58)65(59)61-53-31-27-51(68(47-17-9-7-10-18-47)49-21-13-15-45(66)39-49)35-41(53)23-29-55(61)56-30-24-42-36-52(28-32-54(42)62(56)65)69(48-19-11-8-12-20-48)50-22-14-16-46(67)40-50/h7-40H,1-6H3. The molecule has 0 aromatic heterocycles. The highest BCUT2D eigenvalue weighted by Crippen LogP contribution is 2.66. The maximum atomic E-state index is 15.0. The Morgan fingerprint density at radius 3 is 1.12 bits per heavy atom. The maximum absolute atomic E-state index is 15.0. The van der Waals surface area contributed by atoms with Crippen molar-refractivity contribution in [3.05, 3.63) is 251 Å². The van der Waals surface area contributed by atoms with Gasteiger partial charge >= 0.3 is 0 Å². The molecule has 0 heterocycles. The summed E-state index contributed by atoms with van der Waals surface area (Å²) in [4.78, 5) is 4.27. The van der Waals surface area contributed by atoms with E-state index in [9.17, 15) is 8.78 Å². The zero-order valence-corrected chi connectivity index (χ0v) is 39.8. The zero-order chi connectivity index (χ0) is 47.4. The highest BCUT2D eigenvalue weighted by atomic mass is 19.1. The van der Waals surface area contributed by atoms with Gasteiger partial charge in [-0.25, -0.2) is 8.78 Å². The highest BCUT2D eigenvalue weighted by Gasteiger charge is 2.53. The van der Waals surface area contributed by atoms with Gasteiger partial charge in [-0.15, -0.1) is 0 Å². The molecule has 12 rings (SSSR count). The molecule has 0 saturated heterocycles. The fraction of sp³-hybridized carbons (Fsp3) is 0.138. The molecule has 4 heteroatoms. The first-order valence-electron chi connectivity index (χ1n) is 24.0. The van der Waals surface area contributed by atoms with Gasteiger partial charge in [0.2, 0.25) is 0 Å². The van der Waals surface area contributed by atoms with Gasteiger partial charge in [0.05, 0.1) is 5.41 Å². The van der Waals surface area contributed by atoms with Crippen molar-refractivity contribution < 1.29 is 8.78 Å². The Labute approximate surface area is 403 Å². The summed E-state index contributed by atoms with van der Waals surface area (Å²) in [5.74, 6) is -0.564. The lowest BCUT2D eigenvalue weighted by Gasteiger charge is -2.33. The van der Waals surface area contributed by atoms with Crippen LogP contribution in [0.3, 0.4) is 0 Å². The lowest BCUT2D eigenvalue weighted by atomic mass is 9.68. The van der Waals surface area contributed by atoms with E-state index < -0.39 is 5.41 Å². The van der Waals surface area contributed by atoms with Crippen LogP contribution in [0.5, 0.6) is 0 Å². The first kappa shape index (κ1) is 42.5. The molecule has 0 fully saturated rings. The largest absolute Gasteiger partial charge is 0.310 e. The number of benzene rings is 10. The number of nitrogens with zero attached hydrogens (tertiary/aromatic N) is 2. The fourth-order valence-electron chi connectivity index (χ4n) is 11.4. The molecule has 2 aliphatic rings.